The molecule has 0 spiro atoms. The van der Waals surface area contributed by atoms with Gasteiger partial charge in [0.1, 0.15) is 12.4 Å². The van der Waals surface area contributed by atoms with Crippen LogP contribution in [0.3, 0.4) is 0 Å². The first-order valence-corrected chi connectivity index (χ1v) is 10.3. The van der Waals surface area contributed by atoms with Gasteiger partial charge in [0.05, 0.1) is 4.47 Å². The molecule has 2 aromatic rings. The third-order valence-electron chi connectivity index (χ3n) is 3.92. The fourth-order valence-electron chi connectivity index (χ4n) is 2.39. The molecule has 150 valence electrons. The average Bonchev–Trinajstić information content (AvgIpc) is 2.64. The zero-order valence-corrected chi connectivity index (χ0v) is 18.8. The highest BCUT2D eigenvalue weighted by atomic mass is 79.9. The number of unbranched alkanes of at least 4 members (excludes halogenated alkanes) is 1. The Balaban J connectivity index is 0.00000364. The lowest BCUT2D eigenvalue weighted by molar-refractivity contribution is 0.129. The summed E-state index contributed by atoms with van der Waals surface area (Å²) in [5.74, 6) is 0.841. The summed E-state index contributed by atoms with van der Waals surface area (Å²) in [6.45, 7) is 6.20. The summed E-state index contributed by atoms with van der Waals surface area (Å²) in [7, 11) is 0. The minimum absolute atomic E-state index is 0. The Morgan fingerprint density at radius 3 is 2.41 bits per heavy atom. The van der Waals surface area contributed by atoms with E-state index in [1.165, 1.54) is 12.0 Å². The number of halogens is 3. The van der Waals surface area contributed by atoms with Gasteiger partial charge in [-0.05, 0) is 70.7 Å². The lowest BCUT2D eigenvalue weighted by Crippen LogP contribution is -2.16. The van der Waals surface area contributed by atoms with Gasteiger partial charge in [0.25, 0.3) is 0 Å². The number of benzene rings is 2. The summed E-state index contributed by atoms with van der Waals surface area (Å²) in [5.41, 5.74) is 2.32. The van der Waals surface area contributed by atoms with Crippen molar-refractivity contribution < 1.29 is 9.47 Å². The van der Waals surface area contributed by atoms with Gasteiger partial charge in [-0.2, -0.15) is 0 Å². The van der Waals surface area contributed by atoms with E-state index in [1.807, 2.05) is 30.3 Å². The van der Waals surface area contributed by atoms with Gasteiger partial charge in [-0.25, -0.2) is 0 Å². The molecule has 0 bridgehead atoms. The van der Waals surface area contributed by atoms with Crippen molar-refractivity contribution in [2.24, 2.45) is 0 Å². The van der Waals surface area contributed by atoms with Gasteiger partial charge in [-0.1, -0.05) is 43.1 Å². The third-order valence-corrected chi connectivity index (χ3v) is 4.79. The van der Waals surface area contributed by atoms with Crippen LogP contribution in [0.5, 0.6) is 5.75 Å². The number of hydrogen-bond donors (Lipinski definition) is 1. The Morgan fingerprint density at radius 1 is 1.00 bits per heavy atom. The van der Waals surface area contributed by atoms with Crippen LogP contribution in [0, 0.1) is 0 Å². The lowest BCUT2D eigenvalue weighted by Gasteiger charge is -2.11. The Morgan fingerprint density at radius 2 is 1.70 bits per heavy atom. The van der Waals surface area contributed by atoms with Crippen molar-refractivity contribution in [3.8, 4) is 5.75 Å². The molecular formula is C21H28BrCl2NO2. The topological polar surface area (TPSA) is 30.5 Å². The molecule has 0 aliphatic heterocycles. The van der Waals surface area contributed by atoms with Gasteiger partial charge in [0.15, 0.2) is 0 Å². The summed E-state index contributed by atoms with van der Waals surface area (Å²) in [6, 6.07) is 13.9. The van der Waals surface area contributed by atoms with Crippen LogP contribution in [0.15, 0.2) is 46.9 Å². The van der Waals surface area contributed by atoms with E-state index < -0.39 is 0 Å². The zero-order chi connectivity index (χ0) is 18.6. The molecule has 0 unspecified atom stereocenters. The van der Waals surface area contributed by atoms with Crippen molar-refractivity contribution in [3.05, 3.63) is 63.1 Å². The van der Waals surface area contributed by atoms with Gasteiger partial charge in [-0.15, -0.1) is 12.4 Å². The highest BCUT2D eigenvalue weighted by molar-refractivity contribution is 9.10. The summed E-state index contributed by atoms with van der Waals surface area (Å²) in [4.78, 5) is 0. The summed E-state index contributed by atoms with van der Waals surface area (Å²) in [6.07, 6.45) is 3.37. The number of rotatable bonds is 12. The molecule has 1 N–H and O–H groups in total. The SMILES string of the molecule is CCCCOCCCNCc1ccc(OCc2ccc(Cl)cc2)c(Br)c1.Cl. The van der Waals surface area contributed by atoms with E-state index in [2.05, 4.69) is 40.3 Å². The summed E-state index contributed by atoms with van der Waals surface area (Å²) in [5, 5.41) is 4.18. The summed E-state index contributed by atoms with van der Waals surface area (Å²) < 4.78 is 12.4. The second-order valence-electron chi connectivity index (χ2n) is 6.18. The van der Waals surface area contributed by atoms with Crippen molar-refractivity contribution >= 4 is 39.9 Å². The predicted octanol–water partition coefficient (Wildman–Crippen LogP) is 6.40. The van der Waals surface area contributed by atoms with Crippen molar-refractivity contribution in [1.29, 1.82) is 0 Å². The fourth-order valence-corrected chi connectivity index (χ4v) is 3.06. The van der Waals surface area contributed by atoms with E-state index in [-0.39, 0.29) is 12.4 Å². The molecule has 0 atom stereocenters. The van der Waals surface area contributed by atoms with E-state index >= 15 is 0 Å². The minimum Gasteiger partial charge on any atom is -0.488 e. The Bertz CT molecular complexity index is 653. The van der Waals surface area contributed by atoms with E-state index in [4.69, 9.17) is 21.1 Å². The largest absolute Gasteiger partial charge is 0.488 e. The van der Waals surface area contributed by atoms with E-state index in [9.17, 15) is 0 Å². The van der Waals surface area contributed by atoms with E-state index in [0.717, 1.165) is 60.0 Å². The highest BCUT2D eigenvalue weighted by Gasteiger charge is 2.04. The smallest absolute Gasteiger partial charge is 0.134 e. The van der Waals surface area contributed by atoms with Gasteiger partial charge in [0, 0.05) is 24.8 Å². The van der Waals surface area contributed by atoms with Crippen LogP contribution < -0.4 is 10.1 Å². The average molecular weight is 477 g/mol. The van der Waals surface area contributed by atoms with Crippen molar-refractivity contribution in [3.63, 3.8) is 0 Å². The molecule has 2 aromatic carbocycles. The first kappa shape index (κ1) is 24.3. The Kier molecular flexibility index (Phi) is 12.8. The second kappa shape index (κ2) is 14.3. The van der Waals surface area contributed by atoms with Crippen molar-refractivity contribution in [1.82, 2.24) is 5.32 Å². The third kappa shape index (κ3) is 9.82. The minimum atomic E-state index is 0. The molecule has 6 heteroatoms. The highest BCUT2D eigenvalue weighted by Crippen LogP contribution is 2.27. The molecule has 2 rings (SSSR count). The number of hydrogen-bond acceptors (Lipinski definition) is 3. The maximum Gasteiger partial charge on any atom is 0.134 e. The molecule has 0 amide bonds. The molecule has 27 heavy (non-hydrogen) atoms. The van der Waals surface area contributed by atoms with Crippen molar-refractivity contribution in [2.75, 3.05) is 19.8 Å². The van der Waals surface area contributed by atoms with Gasteiger partial charge in [-0.3, -0.25) is 0 Å². The molecule has 0 aromatic heterocycles. The molecule has 0 saturated heterocycles. The van der Waals surface area contributed by atoms with Crippen LogP contribution >= 0.6 is 39.9 Å². The van der Waals surface area contributed by atoms with Gasteiger partial charge in [0.2, 0.25) is 0 Å². The van der Waals surface area contributed by atoms with E-state index in [1.54, 1.807) is 0 Å². The first-order chi connectivity index (χ1) is 12.7. The normalized spacial score (nSPS) is 10.5. The Hall–Kier alpha value is -0.780. The molecule has 0 aliphatic carbocycles. The summed E-state index contributed by atoms with van der Waals surface area (Å²) >= 11 is 9.50. The molecule has 0 heterocycles. The maximum atomic E-state index is 5.90. The van der Waals surface area contributed by atoms with Crippen LogP contribution in [-0.2, 0) is 17.9 Å². The lowest BCUT2D eigenvalue weighted by atomic mass is 10.2. The monoisotopic (exact) mass is 475 g/mol. The van der Waals surface area contributed by atoms with Crippen LogP contribution in [0.25, 0.3) is 0 Å². The fraction of sp³-hybridized carbons (Fsp3) is 0.429. The zero-order valence-electron chi connectivity index (χ0n) is 15.7. The standard InChI is InChI=1S/C21H27BrClNO2.ClH/c1-2-3-12-25-13-4-11-24-15-18-7-10-21(20(22)14-18)26-16-17-5-8-19(23)9-6-17;/h5-10,14,24H,2-4,11-13,15-16H2,1H3;1H. The van der Waals surface area contributed by atoms with Gasteiger partial charge < -0.3 is 14.8 Å². The first-order valence-electron chi connectivity index (χ1n) is 9.13. The second-order valence-corrected chi connectivity index (χ2v) is 7.47. The number of nitrogens with one attached hydrogen (secondary N) is 1. The Labute approximate surface area is 182 Å². The van der Waals surface area contributed by atoms with Crippen molar-refractivity contribution in [2.45, 2.75) is 39.3 Å². The molecule has 0 fully saturated rings. The van der Waals surface area contributed by atoms with Crippen LogP contribution in [0.1, 0.15) is 37.3 Å². The number of ether oxygens (including phenoxy) is 2. The molecular weight excluding hydrogens is 449 g/mol. The molecule has 0 radical (unpaired) electrons. The maximum absolute atomic E-state index is 5.90. The van der Waals surface area contributed by atoms with Crippen LogP contribution in [0.2, 0.25) is 5.02 Å². The molecule has 0 aliphatic rings. The predicted molar refractivity (Wildman–Crippen MR) is 119 cm³/mol. The van der Waals surface area contributed by atoms with Crippen LogP contribution in [0.4, 0.5) is 0 Å². The van der Waals surface area contributed by atoms with E-state index in [0.29, 0.717) is 6.61 Å². The molecule has 3 nitrogen and oxygen atoms in total. The quantitative estimate of drug-likeness (QED) is 0.359. The molecule has 0 saturated carbocycles. The van der Waals surface area contributed by atoms with Gasteiger partial charge >= 0.3 is 0 Å². The van der Waals surface area contributed by atoms with Crippen LogP contribution in [-0.4, -0.2) is 19.8 Å².